The van der Waals surface area contributed by atoms with Crippen LogP contribution in [0.25, 0.3) is 0 Å². The number of rotatable bonds is 3. The van der Waals surface area contributed by atoms with Crippen LogP contribution in [0.3, 0.4) is 0 Å². The van der Waals surface area contributed by atoms with E-state index >= 15 is 0 Å². The molecule has 1 rings (SSSR count). The lowest BCUT2D eigenvalue weighted by Crippen LogP contribution is -2.14. The third-order valence-electron chi connectivity index (χ3n) is 2.09. The van der Waals surface area contributed by atoms with Crippen molar-refractivity contribution >= 4 is 18.1 Å². The fraction of sp³-hybridized carbons (Fsp3) is 0.400. The Morgan fingerprint density at radius 2 is 1.80 bits per heavy atom. The lowest BCUT2D eigenvalue weighted by atomic mass is 10.3. The van der Waals surface area contributed by atoms with Gasteiger partial charge >= 0.3 is 0 Å². The molecule has 2 N–H and O–H groups in total. The number of hydrogen-bond acceptors (Lipinski definition) is 4. The highest BCUT2D eigenvalue weighted by Crippen LogP contribution is 2.44. The molecule has 4 nitrogen and oxygen atoms in total. The normalized spacial score (nSPS) is 11.2. The van der Waals surface area contributed by atoms with Crippen molar-refractivity contribution in [2.24, 2.45) is 0 Å². The Labute approximate surface area is 89.7 Å². The zero-order valence-electron chi connectivity index (χ0n) is 9.40. The van der Waals surface area contributed by atoms with E-state index in [1.807, 2.05) is 0 Å². The maximum absolute atomic E-state index is 12.1. The molecule has 15 heavy (non-hydrogen) atoms. The minimum Gasteiger partial charge on any atom is -0.493 e. The summed E-state index contributed by atoms with van der Waals surface area (Å²) in [5.41, 5.74) is 6.27. The Morgan fingerprint density at radius 3 is 2.20 bits per heavy atom. The summed E-state index contributed by atoms with van der Waals surface area (Å²) in [5.74, 6) is 1.01. The van der Waals surface area contributed by atoms with Gasteiger partial charge in [0.25, 0.3) is 0 Å². The van der Waals surface area contributed by atoms with E-state index in [0.29, 0.717) is 22.5 Å². The van der Waals surface area contributed by atoms with Crippen LogP contribution in [0, 0.1) is 0 Å². The first-order valence-corrected chi connectivity index (χ1v) is 7.08. The van der Waals surface area contributed by atoms with E-state index in [0.717, 1.165) is 0 Å². The molecule has 5 heteroatoms. The summed E-state index contributed by atoms with van der Waals surface area (Å²) in [7, 11) is 0.566. The van der Waals surface area contributed by atoms with Crippen LogP contribution >= 0.6 is 7.14 Å². The standard InChI is InChI=1S/C10H16NO3P/c1-13-8-6-5-7(11)10(9(8)14-2)15(3,4)12/h5-6H,11H2,1-4H3. The molecule has 0 heterocycles. The Hall–Kier alpha value is -1.15. The van der Waals surface area contributed by atoms with Crippen LogP contribution in [0.15, 0.2) is 12.1 Å². The quantitative estimate of drug-likeness (QED) is 0.630. The van der Waals surface area contributed by atoms with Gasteiger partial charge in [-0.05, 0) is 25.5 Å². The van der Waals surface area contributed by atoms with Gasteiger partial charge in [-0.15, -0.1) is 0 Å². The highest BCUT2D eigenvalue weighted by molar-refractivity contribution is 7.70. The van der Waals surface area contributed by atoms with E-state index in [2.05, 4.69) is 0 Å². The molecule has 0 atom stereocenters. The molecule has 0 spiro atoms. The predicted octanol–water partition coefficient (Wildman–Crippen LogP) is 1.53. The second-order valence-corrected chi connectivity index (χ2v) is 6.74. The monoisotopic (exact) mass is 229 g/mol. The third kappa shape index (κ3) is 2.26. The lowest BCUT2D eigenvalue weighted by Gasteiger charge is -2.17. The van der Waals surface area contributed by atoms with Gasteiger partial charge in [-0.2, -0.15) is 0 Å². The summed E-state index contributed by atoms with van der Waals surface area (Å²) < 4.78 is 22.4. The molecule has 0 aliphatic carbocycles. The van der Waals surface area contributed by atoms with Crippen molar-refractivity contribution in [2.45, 2.75) is 0 Å². The van der Waals surface area contributed by atoms with Gasteiger partial charge in [-0.25, -0.2) is 0 Å². The van der Waals surface area contributed by atoms with Crippen LogP contribution in [0.2, 0.25) is 0 Å². The van der Waals surface area contributed by atoms with Gasteiger partial charge in [0, 0.05) is 5.69 Å². The molecule has 0 radical (unpaired) electrons. The summed E-state index contributed by atoms with van der Waals surface area (Å²) in [5, 5.41) is 0.546. The van der Waals surface area contributed by atoms with E-state index in [1.54, 1.807) is 25.5 Å². The maximum Gasteiger partial charge on any atom is 0.173 e. The summed E-state index contributed by atoms with van der Waals surface area (Å²) >= 11 is 0. The van der Waals surface area contributed by atoms with Crippen molar-refractivity contribution in [1.82, 2.24) is 0 Å². The Bertz CT molecular complexity index is 411. The predicted molar refractivity (Wildman–Crippen MR) is 63.0 cm³/mol. The van der Waals surface area contributed by atoms with Gasteiger partial charge in [0.2, 0.25) is 0 Å². The molecule has 0 fully saturated rings. The first kappa shape index (κ1) is 11.9. The van der Waals surface area contributed by atoms with Crippen molar-refractivity contribution in [3.05, 3.63) is 12.1 Å². The SMILES string of the molecule is COc1ccc(N)c(P(C)(C)=O)c1OC. The minimum absolute atomic E-state index is 0.464. The molecule has 0 amide bonds. The van der Waals surface area contributed by atoms with Gasteiger partial charge in [-0.1, -0.05) is 0 Å². The molecule has 0 saturated heterocycles. The molecule has 0 saturated carbocycles. The van der Waals surface area contributed by atoms with Crippen LogP contribution in [-0.4, -0.2) is 27.5 Å². The van der Waals surface area contributed by atoms with E-state index < -0.39 is 7.14 Å². The van der Waals surface area contributed by atoms with E-state index in [1.165, 1.54) is 14.2 Å². The smallest absolute Gasteiger partial charge is 0.173 e. The largest absolute Gasteiger partial charge is 0.493 e. The number of methoxy groups -OCH3 is 2. The molecule has 0 aromatic heterocycles. The number of hydrogen-bond donors (Lipinski definition) is 1. The molecular weight excluding hydrogens is 213 g/mol. The van der Waals surface area contributed by atoms with Crippen LogP contribution in [0.5, 0.6) is 11.5 Å². The molecule has 1 aromatic carbocycles. The van der Waals surface area contributed by atoms with Crippen molar-refractivity contribution in [1.29, 1.82) is 0 Å². The molecular formula is C10H16NO3P. The third-order valence-corrected chi connectivity index (χ3v) is 3.63. The van der Waals surface area contributed by atoms with Gasteiger partial charge in [0.05, 0.1) is 19.5 Å². The Kier molecular flexibility index (Phi) is 3.30. The van der Waals surface area contributed by atoms with Crippen molar-refractivity contribution in [3.63, 3.8) is 0 Å². The average molecular weight is 229 g/mol. The first-order valence-electron chi connectivity index (χ1n) is 4.47. The van der Waals surface area contributed by atoms with E-state index in [-0.39, 0.29) is 0 Å². The van der Waals surface area contributed by atoms with Crippen LogP contribution in [0.4, 0.5) is 5.69 Å². The van der Waals surface area contributed by atoms with Gasteiger partial charge in [-0.3, -0.25) is 0 Å². The van der Waals surface area contributed by atoms with Gasteiger partial charge in [0.15, 0.2) is 11.5 Å². The van der Waals surface area contributed by atoms with Crippen molar-refractivity contribution < 1.29 is 14.0 Å². The molecule has 0 aliphatic rings. The first-order chi connectivity index (χ1) is 6.91. The number of nitrogen functional groups attached to an aromatic ring is 1. The highest BCUT2D eigenvalue weighted by Gasteiger charge is 2.23. The maximum atomic E-state index is 12.1. The van der Waals surface area contributed by atoms with Gasteiger partial charge < -0.3 is 19.8 Å². The van der Waals surface area contributed by atoms with E-state index in [4.69, 9.17) is 15.2 Å². The number of anilines is 1. The van der Waals surface area contributed by atoms with Gasteiger partial charge in [0.1, 0.15) is 7.14 Å². The summed E-state index contributed by atoms with van der Waals surface area (Å²) in [6, 6.07) is 3.38. The fourth-order valence-electron chi connectivity index (χ4n) is 1.48. The van der Waals surface area contributed by atoms with Crippen LogP contribution in [-0.2, 0) is 4.57 Å². The summed E-state index contributed by atoms with van der Waals surface area (Å²) in [4.78, 5) is 0. The van der Waals surface area contributed by atoms with Crippen molar-refractivity contribution in [2.75, 3.05) is 33.3 Å². The Balaban J connectivity index is 3.53. The number of nitrogens with two attached hydrogens (primary N) is 1. The van der Waals surface area contributed by atoms with E-state index in [9.17, 15) is 4.57 Å². The lowest BCUT2D eigenvalue weighted by molar-refractivity contribution is 0.357. The fourth-order valence-corrected chi connectivity index (χ4v) is 2.87. The summed E-state index contributed by atoms with van der Waals surface area (Å²) in [6.45, 7) is 3.31. The zero-order valence-corrected chi connectivity index (χ0v) is 10.3. The second-order valence-electron chi connectivity index (χ2n) is 3.59. The molecule has 84 valence electrons. The Morgan fingerprint density at radius 1 is 1.20 bits per heavy atom. The molecule has 0 aliphatic heterocycles. The second kappa shape index (κ2) is 4.15. The zero-order chi connectivity index (χ0) is 11.6. The topological polar surface area (TPSA) is 61.5 Å². The van der Waals surface area contributed by atoms with Crippen LogP contribution in [0.1, 0.15) is 0 Å². The van der Waals surface area contributed by atoms with Crippen LogP contribution < -0.4 is 20.5 Å². The minimum atomic E-state index is -2.48. The summed E-state index contributed by atoms with van der Waals surface area (Å²) in [6.07, 6.45) is 0. The number of benzene rings is 1. The van der Waals surface area contributed by atoms with Crippen molar-refractivity contribution in [3.8, 4) is 11.5 Å². The molecule has 0 unspecified atom stereocenters. The number of ether oxygens (including phenoxy) is 2. The average Bonchev–Trinajstić information content (AvgIpc) is 2.15. The molecule has 1 aromatic rings. The molecule has 0 bridgehead atoms. The highest BCUT2D eigenvalue weighted by atomic mass is 31.2.